The van der Waals surface area contributed by atoms with E-state index in [1.165, 1.54) is 7.11 Å². The van der Waals surface area contributed by atoms with Gasteiger partial charge in [0, 0.05) is 0 Å². The molecule has 1 amide bonds. The highest BCUT2D eigenvalue weighted by molar-refractivity contribution is 5.89. The van der Waals surface area contributed by atoms with Crippen molar-refractivity contribution in [3.8, 4) is 0 Å². The van der Waals surface area contributed by atoms with Crippen LogP contribution in [0.5, 0.6) is 0 Å². The Hall–Kier alpha value is -2.57. The van der Waals surface area contributed by atoms with Crippen molar-refractivity contribution in [3.63, 3.8) is 0 Å². The summed E-state index contributed by atoms with van der Waals surface area (Å²) in [6, 6.07) is 6.53. The number of methoxy groups -OCH3 is 1. The molecule has 0 aromatic heterocycles. The molecule has 0 aliphatic rings. The van der Waals surface area contributed by atoms with Gasteiger partial charge < -0.3 is 19.5 Å². The summed E-state index contributed by atoms with van der Waals surface area (Å²) < 4.78 is 14.9. The first kappa shape index (κ1) is 23.5. The molecule has 0 heterocycles. The summed E-state index contributed by atoms with van der Waals surface area (Å²) in [5, 5.41) is 2.57. The van der Waals surface area contributed by atoms with Gasteiger partial charge in [-0.05, 0) is 64.7 Å². The Bertz CT molecular complexity index is 648. The average molecular weight is 393 g/mol. The number of esters is 2. The molecule has 0 spiro atoms. The van der Waals surface area contributed by atoms with E-state index in [2.05, 4.69) is 5.32 Å². The summed E-state index contributed by atoms with van der Waals surface area (Å²) in [6.07, 6.45) is 2.14. The van der Waals surface area contributed by atoms with Gasteiger partial charge in [-0.2, -0.15) is 0 Å². The van der Waals surface area contributed by atoms with Crippen LogP contribution in [0.4, 0.5) is 4.79 Å². The lowest BCUT2D eigenvalue weighted by atomic mass is 10.0. The average Bonchev–Trinajstić information content (AvgIpc) is 2.62. The Balaban J connectivity index is 2.48. The molecule has 0 saturated carbocycles. The maximum atomic E-state index is 11.9. The number of aryl methyl sites for hydroxylation is 1. The lowest BCUT2D eigenvalue weighted by Gasteiger charge is -2.22. The minimum absolute atomic E-state index is 0.330. The quantitative estimate of drug-likeness (QED) is 0.391. The fraction of sp³-hybridized carbons (Fsp3) is 0.571. The molecule has 0 aliphatic heterocycles. The number of carbonyl (C=O) groups is 3. The SMILES string of the molecule is CCOC(=O)c1ccc(CCCC[C@H](NC(=O)OC(C)(C)C)C(=O)OC)cc1. The Morgan fingerprint density at radius 1 is 1.07 bits per heavy atom. The summed E-state index contributed by atoms with van der Waals surface area (Å²) in [5.74, 6) is -0.826. The van der Waals surface area contributed by atoms with Gasteiger partial charge in [0.15, 0.2) is 0 Å². The molecule has 0 radical (unpaired) electrons. The van der Waals surface area contributed by atoms with Gasteiger partial charge in [-0.1, -0.05) is 18.6 Å². The van der Waals surface area contributed by atoms with E-state index in [-0.39, 0.29) is 5.97 Å². The zero-order valence-corrected chi connectivity index (χ0v) is 17.4. The van der Waals surface area contributed by atoms with Crippen LogP contribution in [0.2, 0.25) is 0 Å². The molecule has 1 atom stereocenters. The monoisotopic (exact) mass is 393 g/mol. The van der Waals surface area contributed by atoms with Crippen LogP contribution in [-0.2, 0) is 25.4 Å². The summed E-state index contributed by atoms with van der Waals surface area (Å²) in [5.41, 5.74) is 0.973. The van der Waals surface area contributed by atoms with E-state index in [0.29, 0.717) is 18.6 Å². The van der Waals surface area contributed by atoms with Crippen LogP contribution in [0.15, 0.2) is 24.3 Å². The lowest BCUT2D eigenvalue weighted by molar-refractivity contribution is -0.143. The zero-order valence-electron chi connectivity index (χ0n) is 17.4. The van der Waals surface area contributed by atoms with E-state index in [4.69, 9.17) is 14.2 Å². The van der Waals surface area contributed by atoms with Crippen molar-refractivity contribution in [2.45, 2.75) is 65.0 Å². The summed E-state index contributed by atoms with van der Waals surface area (Å²) in [4.78, 5) is 35.4. The van der Waals surface area contributed by atoms with Crippen LogP contribution in [0.1, 0.15) is 62.9 Å². The third-order valence-electron chi connectivity index (χ3n) is 3.85. The molecular weight excluding hydrogens is 362 g/mol. The molecule has 156 valence electrons. The van der Waals surface area contributed by atoms with E-state index in [9.17, 15) is 14.4 Å². The second kappa shape index (κ2) is 11.3. The first-order chi connectivity index (χ1) is 13.2. The fourth-order valence-corrected chi connectivity index (χ4v) is 2.54. The number of carbonyl (C=O) groups excluding carboxylic acids is 3. The molecule has 0 fully saturated rings. The highest BCUT2D eigenvalue weighted by Crippen LogP contribution is 2.12. The van der Waals surface area contributed by atoms with Gasteiger partial charge >= 0.3 is 18.0 Å². The van der Waals surface area contributed by atoms with Crippen molar-refractivity contribution in [1.82, 2.24) is 5.32 Å². The Morgan fingerprint density at radius 3 is 2.25 bits per heavy atom. The topological polar surface area (TPSA) is 90.9 Å². The molecule has 28 heavy (non-hydrogen) atoms. The van der Waals surface area contributed by atoms with Gasteiger partial charge in [0.25, 0.3) is 0 Å². The van der Waals surface area contributed by atoms with E-state index < -0.39 is 23.7 Å². The largest absolute Gasteiger partial charge is 0.467 e. The van der Waals surface area contributed by atoms with Crippen molar-refractivity contribution in [1.29, 1.82) is 0 Å². The highest BCUT2D eigenvalue weighted by Gasteiger charge is 2.24. The van der Waals surface area contributed by atoms with Gasteiger partial charge in [0.1, 0.15) is 11.6 Å². The number of amides is 1. The minimum atomic E-state index is -0.744. The van der Waals surface area contributed by atoms with Gasteiger partial charge in [0.05, 0.1) is 19.3 Å². The second-order valence-corrected chi connectivity index (χ2v) is 7.39. The van der Waals surface area contributed by atoms with E-state index >= 15 is 0 Å². The first-order valence-electron chi connectivity index (χ1n) is 9.49. The minimum Gasteiger partial charge on any atom is -0.467 e. The number of hydrogen-bond donors (Lipinski definition) is 1. The Labute approximate surface area is 166 Å². The molecule has 0 bridgehead atoms. The Kier molecular flexibility index (Phi) is 9.48. The number of unbranched alkanes of at least 4 members (excludes halogenated alkanes) is 1. The van der Waals surface area contributed by atoms with E-state index in [1.807, 2.05) is 12.1 Å². The van der Waals surface area contributed by atoms with Crippen LogP contribution in [-0.4, -0.2) is 43.4 Å². The number of ether oxygens (including phenoxy) is 3. The number of alkyl carbamates (subject to hydrolysis) is 1. The molecule has 7 nitrogen and oxygen atoms in total. The summed E-state index contributed by atoms with van der Waals surface area (Å²) in [7, 11) is 1.29. The zero-order chi connectivity index (χ0) is 21.2. The predicted molar refractivity (Wildman–Crippen MR) is 105 cm³/mol. The lowest BCUT2D eigenvalue weighted by Crippen LogP contribution is -2.44. The van der Waals surface area contributed by atoms with Crippen molar-refractivity contribution in [2.24, 2.45) is 0 Å². The van der Waals surface area contributed by atoms with Crippen LogP contribution < -0.4 is 5.32 Å². The molecule has 7 heteroatoms. The molecular formula is C21H31NO6. The standard InChI is InChI=1S/C21H31NO6/c1-6-27-18(23)16-13-11-15(12-14-16)9-7-8-10-17(19(24)26-5)22-20(25)28-21(2,3)4/h11-14,17H,6-10H2,1-5H3,(H,22,25)/t17-/m0/s1. The second-order valence-electron chi connectivity index (χ2n) is 7.39. The molecule has 0 unspecified atom stereocenters. The maximum absolute atomic E-state index is 11.9. The first-order valence-corrected chi connectivity index (χ1v) is 9.49. The molecule has 1 aromatic carbocycles. The molecule has 1 rings (SSSR count). The number of hydrogen-bond acceptors (Lipinski definition) is 6. The molecule has 1 N–H and O–H groups in total. The highest BCUT2D eigenvalue weighted by atomic mass is 16.6. The van der Waals surface area contributed by atoms with Crippen LogP contribution in [0.3, 0.4) is 0 Å². The fourth-order valence-electron chi connectivity index (χ4n) is 2.54. The number of nitrogens with one attached hydrogen (secondary N) is 1. The Morgan fingerprint density at radius 2 is 1.71 bits per heavy atom. The van der Waals surface area contributed by atoms with Gasteiger partial charge in [-0.3, -0.25) is 0 Å². The maximum Gasteiger partial charge on any atom is 0.408 e. The number of rotatable bonds is 9. The summed E-state index contributed by atoms with van der Waals surface area (Å²) in [6.45, 7) is 7.39. The molecule has 0 saturated heterocycles. The number of benzene rings is 1. The van der Waals surface area contributed by atoms with Crippen molar-refractivity contribution in [2.75, 3.05) is 13.7 Å². The molecule has 1 aromatic rings. The normalized spacial score (nSPS) is 12.0. The van der Waals surface area contributed by atoms with Crippen molar-refractivity contribution < 1.29 is 28.6 Å². The van der Waals surface area contributed by atoms with Gasteiger partial charge in [-0.25, -0.2) is 14.4 Å². The third kappa shape index (κ3) is 8.88. The smallest absolute Gasteiger partial charge is 0.408 e. The van der Waals surface area contributed by atoms with E-state index in [1.54, 1.807) is 39.8 Å². The summed E-state index contributed by atoms with van der Waals surface area (Å²) >= 11 is 0. The van der Waals surface area contributed by atoms with Crippen LogP contribution in [0, 0.1) is 0 Å². The van der Waals surface area contributed by atoms with Crippen molar-refractivity contribution >= 4 is 18.0 Å². The van der Waals surface area contributed by atoms with Crippen LogP contribution in [0.25, 0.3) is 0 Å². The predicted octanol–water partition coefficient (Wildman–Crippen LogP) is 3.64. The van der Waals surface area contributed by atoms with E-state index in [0.717, 1.165) is 24.8 Å². The molecule has 0 aliphatic carbocycles. The van der Waals surface area contributed by atoms with Gasteiger partial charge in [-0.15, -0.1) is 0 Å². The van der Waals surface area contributed by atoms with Crippen molar-refractivity contribution in [3.05, 3.63) is 35.4 Å². The van der Waals surface area contributed by atoms with Gasteiger partial charge in [0.2, 0.25) is 0 Å². The van der Waals surface area contributed by atoms with Crippen LogP contribution >= 0.6 is 0 Å². The third-order valence-corrected chi connectivity index (χ3v) is 3.85.